The van der Waals surface area contributed by atoms with Crippen molar-refractivity contribution in [2.45, 2.75) is 31.7 Å². The molecule has 0 aliphatic carbocycles. The van der Waals surface area contributed by atoms with Crippen molar-refractivity contribution >= 4 is 12.2 Å². The van der Waals surface area contributed by atoms with Crippen molar-refractivity contribution in [1.82, 2.24) is 20.2 Å². The number of tetrazole rings is 1. The second-order valence-electron chi connectivity index (χ2n) is 3.69. The predicted octanol–water partition coefficient (Wildman–Crippen LogP) is 1.25. The molecule has 78 valence electrons. The Morgan fingerprint density at radius 2 is 2.57 bits per heavy atom. The van der Waals surface area contributed by atoms with Gasteiger partial charge in [0.05, 0.1) is 12.1 Å². The van der Waals surface area contributed by atoms with Gasteiger partial charge in [0, 0.05) is 6.61 Å². The van der Waals surface area contributed by atoms with Crippen LogP contribution in [0.3, 0.4) is 0 Å². The summed E-state index contributed by atoms with van der Waals surface area (Å²) >= 11 is 5.11. The van der Waals surface area contributed by atoms with Crippen LogP contribution < -0.4 is 0 Å². The number of aromatic nitrogens is 4. The van der Waals surface area contributed by atoms with E-state index >= 15 is 0 Å². The minimum Gasteiger partial charge on any atom is -0.379 e. The normalized spacial score (nSPS) is 26.9. The highest BCUT2D eigenvalue weighted by Crippen LogP contribution is 2.31. The Kier molecular flexibility index (Phi) is 2.64. The Morgan fingerprint density at radius 1 is 1.71 bits per heavy atom. The molecular weight excluding hydrogens is 200 g/mol. The molecule has 1 aromatic heterocycles. The smallest absolute Gasteiger partial charge is 0.238 e. The van der Waals surface area contributed by atoms with Crippen LogP contribution in [-0.2, 0) is 10.3 Å². The number of aromatic amines is 1. The summed E-state index contributed by atoms with van der Waals surface area (Å²) in [4.78, 5) is 0. The van der Waals surface area contributed by atoms with Gasteiger partial charge in [-0.05, 0) is 25.1 Å². The maximum absolute atomic E-state index is 5.45. The van der Waals surface area contributed by atoms with Crippen molar-refractivity contribution in [1.29, 1.82) is 0 Å². The molecule has 0 bridgehead atoms. The molecule has 1 aromatic rings. The average molecular weight is 214 g/mol. The topological polar surface area (TPSA) is 55.7 Å². The standard InChI is InChI=1S/C8H14N4OS/c1-2-3-8(4-5-13-6-8)12-7(14)9-10-11-12/h2-6H2,1H3,(H,9,11,14). The van der Waals surface area contributed by atoms with Crippen molar-refractivity contribution in [3.8, 4) is 0 Å². The molecule has 14 heavy (non-hydrogen) atoms. The van der Waals surface area contributed by atoms with E-state index in [1.54, 1.807) is 0 Å². The third-order valence-electron chi connectivity index (χ3n) is 2.74. The molecule has 1 atom stereocenters. The van der Waals surface area contributed by atoms with E-state index in [0.29, 0.717) is 11.4 Å². The third-order valence-corrected chi connectivity index (χ3v) is 3.01. The highest BCUT2D eigenvalue weighted by atomic mass is 32.1. The van der Waals surface area contributed by atoms with Crippen LogP contribution in [0.4, 0.5) is 0 Å². The van der Waals surface area contributed by atoms with E-state index in [4.69, 9.17) is 17.0 Å². The van der Waals surface area contributed by atoms with E-state index in [1.807, 2.05) is 4.68 Å². The first kappa shape index (κ1) is 9.79. The fourth-order valence-electron chi connectivity index (χ4n) is 2.05. The highest BCUT2D eigenvalue weighted by molar-refractivity contribution is 7.71. The molecule has 1 N–H and O–H groups in total. The van der Waals surface area contributed by atoms with E-state index in [1.165, 1.54) is 0 Å². The summed E-state index contributed by atoms with van der Waals surface area (Å²) in [6.07, 6.45) is 3.13. The van der Waals surface area contributed by atoms with Gasteiger partial charge >= 0.3 is 0 Å². The van der Waals surface area contributed by atoms with Gasteiger partial charge < -0.3 is 4.74 Å². The summed E-state index contributed by atoms with van der Waals surface area (Å²) in [7, 11) is 0. The summed E-state index contributed by atoms with van der Waals surface area (Å²) < 4.78 is 7.84. The molecule has 1 aliphatic heterocycles. The molecule has 1 fully saturated rings. The molecule has 0 saturated carbocycles. The largest absolute Gasteiger partial charge is 0.379 e. The van der Waals surface area contributed by atoms with Crippen LogP contribution in [0, 0.1) is 4.77 Å². The van der Waals surface area contributed by atoms with Gasteiger partial charge in [0.2, 0.25) is 4.77 Å². The van der Waals surface area contributed by atoms with E-state index in [9.17, 15) is 0 Å². The number of nitrogens with zero attached hydrogens (tertiary/aromatic N) is 3. The SMILES string of the molecule is CCCC1(n2[nH]nnc2=S)CCOC1. The van der Waals surface area contributed by atoms with Crippen LogP contribution in [-0.4, -0.2) is 33.4 Å². The van der Waals surface area contributed by atoms with Crippen LogP contribution in [0.25, 0.3) is 0 Å². The van der Waals surface area contributed by atoms with Gasteiger partial charge in [-0.25, -0.2) is 4.68 Å². The first-order valence-electron chi connectivity index (χ1n) is 4.87. The van der Waals surface area contributed by atoms with Crippen molar-refractivity contribution < 1.29 is 4.74 Å². The average Bonchev–Trinajstić information content (AvgIpc) is 2.75. The first-order chi connectivity index (χ1) is 6.78. The van der Waals surface area contributed by atoms with E-state index in [2.05, 4.69) is 22.4 Å². The highest BCUT2D eigenvalue weighted by Gasteiger charge is 2.37. The predicted molar refractivity (Wildman–Crippen MR) is 53.5 cm³/mol. The first-order valence-corrected chi connectivity index (χ1v) is 5.28. The molecule has 5 nitrogen and oxygen atoms in total. The lowest BCUT2D eigenvalue weighted by Gasteiger charge is -2.26. The van der Waals surface area contributed by atoms with Crippen LogP contribution in [0.1, 0.15) is 26.2 Å². The Balaban J connectivity index is 2.36. The summed E-state index contributed by atoms with van der Waals surface area (Å²) in [6, 6.07) is 0. The minimum atomic E-state index is -0.0324. The molecule has 2 rings (SSSR count). The Hall–Kier alpha value is -0.750. The summed E-state index contributed by atoms with van der Waals surface area (Å²) in [5.74, 6) is 0. The van der Waals surface area contributed by atoms with Crippen molar-refractivity contribution in [3.63, 3.8) is 0 Å². The van der Waals surface area contributed by atoms with E-state index < -0.39 is 0 Å². The van der Waals surface area contributed by atoms with Crippen LogP contribution in [0.15, 0.2) is 0 Å². The third kappa shape index (κ3) is 1.48. The number of rotatable bonds is 3. The van der Waals surface area contributed by atoms with E-state index in [-0.39, 0.29) is 5.54 Å². The van der Waals surface area contributed by atoms with Crippen molar-refractivity contribution in [2.24, 2.45) is 0 Å². The van der Waals surface area contributed by atoms with Crippen LogP contribution in [0.5, 0.6) is 0 Å². The van der Waals surface area contributed by atoms with Gasteiger partial charge in [-0.2, -0.15) is 5.21 Å². The monoisotopic (exact) mass is 214 g/mol. The van der Waals surface area contributed by atoms with Gasteiger partial charge in [0.15, 0.2) is 0 Å². The van der Waals surface area contributed by atoms with Gasteiger partial charge in [-0.3, -0.25) is 0 Å². The van der Waals surface area contributed by atoms with Gasteiger partial charge in [-0.1, -0.05) is 23.7 Å². The summed E-state index contributed by atoms with van der Waals surface area (Å²) in [5.41, 5.74) is -0.0324. The lowest BCUT2D eigenvalue weighted by molar-refractivity contribution is 0.138. The number of hydrogen-bond acceptors (Lipinski definition) is 4. The van der Waals surface area contributed by atoms with Crippen LogP contribution in [0.2, 0.25) is 0 Å². The molecular formula is C8H14N4OS. The number of ether oxygens (including phenoxy) is 1. The molecule has 0 spiro atoms. The van der Waals surface area contributed by atoms with E-state index in [0.717, 1.165) is 25.9 Å². The lowest BCUT2D eigenvalue weighted by atomic mass is 9.93. The quantitative estimate of drug-likeness (QED) is 0.769. The molecule has 1 aliphatic rings. The maximum Gasteiger partial charge on any atom is 0.238 e. The fraction of sp³-hybridized carbons (Fsp3) is 0.875. The lowest BCUT2D eigenvalue weighted by Crippen LogP contribution is -2.35. The Bertz CT molecular complexity index is 352. The van der Waals surface area contributed by atoms with Crippen molar-refractivity contribution in [2.75, 3.05) is 13.2 Å². The zero-order valence-corrected chi connectivity index (χ0v) is 9.01. The Morgan fingerprint density at radius 3 is 3.07 bits per heavy atom. The maximum atomic E-state index is 5.45. The molecule has 1 unspecified atom stereocenters. The molecule has 0 aromatic carbocycles. The van der Waals surface area contributed by atoms with Crippen LogP contribution >= 0.6 is 12.2 Å². The number of H-pyrrole nitrogens is 1. The van der Waals surface area contributed by atoms with Crippen molar-refractivity contribution in [3.05, 3.63) is 4.77 Å². The summed E-state index contributed by atoms with van der Waals surface area (Å²) in [6.45, 7) is 3.66. The van der Waals surface area contributed by atoms with Gasteiger partial charge in [0.1, 0.15) is 0 Å². The molecule has 0 radical (unpaired) electrons. The second kappa shape index (κ2) is 3.78. The molecule has 0 amide bonds. The number of nitrogens with one attached hydrogen (secondary N) is 1. The fourth-order valence-corrected chi connectivity index (χ4v) is 2.33. The minimum absolute atomic E-state index is 0.0324. The summed E-state index contributed by atoms with van der Waals surface area (Å²) in [5, 5.41) is 10.4. The van der Waals surface area contributed by atoms with Gasteiger partial charge in [0.25, 0.3) is 0 Å². The molecule has 1 saturated heterocycles. The molecule has 6 heteroatoms. The number of hydrogen-bond donors (Lipinski definition) is 1. The zero-order chi connectivity index (χ0) is 10.0. The zero-order valence-electron chi connectivity index (χ0n) is 8.19. The van der Waals surface area contributed by atoms with Gasteiger partial charge in [-0.15, -0.1) is 0 Å². The Labute approximate surface area is 87.4 Å². The molecule has 2 heterocycles. The second-order valence-corrected chi connectivity index (χ2v) is 4.06.